The van der Waals surface area contributed by atoms with Gasteiger partial charge in [-0.2, -0.15) is 0 Å². The van der Waals surface area contributed by atoms with Crippen molar-refractivity contribution in [3.63, 3.8) is 0 Å². The van der Waals surface area contributed by atoms with E-state index < -0.39 is 5.97 Å². The summed E-state index contributed by atoms with van der Waals surface area (Å²) < 4.78 is 4.72. The highest BCUT2D eigenvalue weighted by atomic mass is 35.5. The fourth-order valence-corrected chi connectivity index (χ4v) is 1.74. The molecule has 0 amide bonds. The minimum atomic E-state index is -0.436. The monoisotopic (exact) mass is 277 g/mol. The first-order chi connectivity index (χ1) is 9.20. The molecule has 0 aliphatic carbocycles. The van der Waals surface area contributed by atoms with Crippen LogP contribution in [0.4, 0.5) is 5.69 Å². The maximum absolute atomic E-state index is 11.7. The Kier molecular flexibility index (Phi) is 4.30. The first-order valence-electron chi connectivity index (χ1n) is 5.56. The summed E-state index contributed by atoms with van der Waals surface area (Å²) in [5, 5.41) is 3.61. The van der Waals surface area contributed by atoms with E-state index in [0.717, 1.165) is 5.56 Å². The molecule has 0 unspecified atom stereocenters. The number of rotatable bonds is 4. The molecule has 1 heterocycles. The van der Waals surface area contributed by atoms with Crippen LogP contribution in [0.1, 0.15) is 15.9 Å². The van der Waals surface area contributed by atoms with Gasteiger partial charge in [0.15, 0.2) is 0 Å². The molecule has 5 nitrogen and oxygen atoms in total. The molecule has 0 saturated carbocycles. The Labute approximate surface area is 115 Å². The Morgan fingerprint density at radius 2 is 2.11 bits per heavy atom. The van der Waals surface area contributed by atoms with Gasteiger partial charge in [-0.25, -0.2) is 14.8 Å². The van der Waals surface area contributed by atoms with Crippen molar-refractivity contribution >= 4 is 23.3 Å². The summed E-state index contributed by atoms with van der Waals surface area (Å²) in [6.07, 6.45) is 4.87. The largest absolute Gasteiger partial charge is 0.465 e. The molecule has 19 heavy (non-hydrogen) atoms. The Bertz CT molecular complexity index is 575. The molecule has 1 aromatic carbocycles. The molecule has 0 bridgehead atoms. The van der Waals surface area contributed by atoms with Gasteiger partial charge in [0.2, 0.25) is 0 Å². The zero-order valence-corrected chi connectivity index (χ0v) is 11.0. The molecule has 6 heteroatoms. The van der Waals surface area contributed by atoms with Crippen molar-refractivity contribution in [2.45, 2.75) is 6.54 Å². The molecule has 0 aliphatic rings. The van der Waals surface area contributed by atoms with Crippen molar-refractivity contribution < 1.29 is 9.53 Å². The third-order valence-corrected chi connectivity index (χ3v) is 2.72. The number of hydrogen-bond donors (Lipinski definition) is 1. The maximum atomic E-state index is 11.7. The zero-order chi connectivity index (χ0) is 13.7. The number of benzene rings is 1. The standard InChI is InChI=1S/C13H12ClN3O2/c1-19-13(18)11-4-10(14)2-3-12(11)17-7-9-5-15-8-16-6-9/h2-6,8,17H,7H2,1H3. The second-order valence-corrected chi connectivity index (χ2v) is 4.22. The summed E-state index contributed by atoms with van der Waals surface area (Å²) in [6, 6.07) is 5.01. The highest BCUT2D eigenvalue weighted by Crippen LogP contribution is 2.22. The Morgan fingerprint density at radius 3 is 2.79 bits per heavy atom. The van der Waals surface area contributed by atoms with Gasteiger partial charge in [0.25, 0.3) is 0 Å². The second-order valence-electron chi connectivity index (χ2n) is 3.78. The second kappa shape index (κ2) is 6.15. The van der Waals surface area contributed by atoms with Crippen molar-refractivity contribution in [3.05, 3.63) is 53.1 Å². The summed E-state index contributed by atoms with van der Waals surface area (Å²) in [7, 11) is 1.33. The van der Waals surface area contributed by atoms with Crippen LogP contribution in [0.25, 0.3) is 0 Å². The van der Waals surface area contributed by atoms with Gasteiger partial charge in [0.05, 0.1) is 12.7 Å². The van der Waals surface area contributed by atoms with E-state index in [4.69, 9.17) is 16.3 Å². The number of carbonyl (C=O) groups is 1. The molecule has 2 rings (SSSR count). The van der Waals surface area contributed by atoms with Gasteiger partial charge in [-0.05, 0) is 18.2 Å². The number of aromatic nitrogens is 2. The predicted octanol–water partition coefficient (Wildman–Crippen LogP) is 2.53. The Hall–Kier alpha value is -2.14. The number of carbonyl (C=O) groups excluding carboxylic acids is 1. The topological polar surface area (TPSA) is 64.1 Å². The molecule has 1 N–H and O–H groups in total. The molecule has 98 valence electrons. The number of nitrogens with zero attached hydrogens (tertiary/aromatic N) is 2. The van der Waals surface area contributed by atoms with Crippen molar-refractivity contribution in [1.82, 2.24) is 9.97 Å². The molecule has 0 aliphatic heterocycles. The quantitative estimate of drug-likeness (QED) is 0.870. The van der Waals surface area contributed by atoms with E-state index in [9.17, 15) is 4.79 Å². The van der Waals surface area contributed by atoms with E-state index in [0.29, 0.717) is 22.8 Å². The predicted molar refractivity (Wildman–Crippen MR) is 72.2 cm³/mol. The molecule has 2 aromatic rings. The van der Waals surface area contributed by atoms with Gasteiger partial charge < -0.3 is 10.1 Å². The van der Waals surface area contributed by atoms with Gasteiger partial charge in [0, 0.05) is 35.2 Å². The summed E-state index contributed by atoms with van der Waals surface area (Å²) >= 11 is 5.88. The molecule has 0 saturated heterocycles. The lowest BCUT2D eigenvalue weighted by Crippen LogP contribution is -2.08. The lowest BCUT2D eigenvalue weighted by atomic mass is 10.1. The van der Waals surface area contributed by atoms with Crippen LogP contribution in [0.15, 0.2) is 36.9 Å². The van der Waals surface area contributed by atoms with E-state index in [2.05, 4.69) is 15.3 Å². The highest BCUT2D eigenvalue weighted by Gasteiger charge is 2.12. The molecule has 0 radical (unpaired) electrons. The first-order valence-corrected chi connectivity index (χ1v) is 5.94. The number of esters is 1. The smallest absolute Gasteiger partial charge is 0.340 e. The maximum Gasteiger partial charge on any atom is 0.340 e. The highest BCUT2D eigenvalue weighted by molar-refractivity contribution is 6.31. The van der Waals surface area contributed by atoms with Gasteiger partial charge >= 0.3 is 5.97 Å². The van der Waals surface area contributed by atoms with Gasteiger partial charge in [-0.1, -0.05) is 11.6 Å². The fraction of sp³-hybridized carbons (Fsp3) is 0.154. The number of anilines is 1. The van der Waals surface area contributed by atoms with E-state index in [-0.39, 0.29) is 0 Å². The minimum Gasteiger partial charge on any atom is -0.465 e. The van der Waals surface area contributed by atoms with Crippen LogP contribution in [0.5, 0.6) is 0 Å². The number of methoxy groups -OCH3 is 1. The van der Waals surface area contributed by atoms with Crippen LogP contribution in [0.3, 0.4) is 0 Å². The zero-order valence-electron chi connectivity index (χ0n) is 10.3. The average molecular weight is 278 g/mol. The van der Waals surface area contributed by atoms with Crippen LogP contribution in [-0.4, -0.2) is 23.0 Å². The third kappa shape index (κ3) is 3.42. The van der Waals surface area contributed by atoms with Crippen LogP contribution in [-0.2, 0) is 11.3 Å². The van der Waals surface area contributed by atoms with Gasteiger partial charge in [-0.15, -0.1) is 0 Å². The number of halogens is 1. The molecule has 0 spiro atoms. The number of hydrogen-bond acceptors (Lipinski definition) is 5. The van der Waals surface area contributed by atoms with E-state index >= 15 is 0 Å². The van der Waals surface area contributed by atoms with Crippen molar-refractivity contribution in [2.75, 3.05) is 12.4 Å². The van der Waals surface area contributed by atoms with E-state index in [1.165, 1.54) is 13.4 Å². The molecular formula is C13H12ClN3O2. The SMILES string of the molecule is COC(=O)c1cc(Cl)ccc1NCc1cncnc1. The summed E-state index contributed by atoms with van der Waals surface area (Å²) in [5.74, 6) is -0.436. The Morgan fingerprint density at radius 1 is 1.37 bits per heavy atom. The first kappa shape index (κ1) is 13.3. The molecular weight excluding hydrogens is 266 g/mol. The fourth-order valence-electron chi connectivity index (χ4n) is 1.57. The third-order valence-electron chi connectivity index (χ3n) is 2.48. The molecule has 1 aromatic heterocycles. The number of ether oxygens (including phenoxy) is 1. The summed E-state index contributed by atoms with van der Waals surface area (Å²) in [4.78, 5) is 19.5. The van der Waals surface area contributed by atoms with E-state index in [1.807, 2.05) is 0 Å². The lowest BCUT2D eigenvalue weighted by Gasteiger charge is -2.10. The van der Waals surface area contributed by atoms with Crippen LogP contribution in [0, 0.1) is 0 Å². The lowest BCUT2D eigenvalue weighted by molar-refractivity contribution is 0.0602. The molecule has 0 atom stereocenters. The van der Waals surface area contributed by atoms with Crippen LogP contribution in [0.2, 0.25) is 5.02 Å². The van der Waals surface area contributed by atoms with Crippen LogP contribution < -0.4 is 5.32 Å². The average Bonchev–Trinajstić information content (AvgIpc) is 2.46. The van der Waals surface area contributed by atoms with E-state index in [1.54, 1.807) is 30.6 Å². The van der Waals surface area contributed by atoms with Gasteiger partial charge in [-0.3, -0.25) is 0 Å². The Balaban J connectivity index is 2.18. The normalized spacial score (nSPS) is 10.0. The summed E-state index contributed by atoms with van der Waals surface area (Å²) in [5.41, 5.74) is 1.96. The van der Waals surface area contributed by atoms with Crippen molar-refractivity contribution in [1.29, 1.82) is 0 Å². The van der Waals surface area contributed by atoms with Crippen LogP contribution >= 0.6 is 11.6 Å². The summed E-state index contributed by atoms with van der Waals surface area (Å²) in [6.45, 7) is 0.506. The van der Waals surface area contributed by atoms with Crippen molar-refractivity contribution in [3.8, 4) is 0 Å². The minimum absolute atomic E-state index is 0.395. The van der Waals surface area contributed by atoms with Gasteiger partial charge in [0.1, 0.15) is 6.33 Å². The number of nitrogens with one attached hydrogen (secondary N) is 1. The van der Waals surface area contributed by atoms with Crippen molar-refractivity contribution in [2.24, 2.45) is 0 Å². The molecule has 0 fully saturated rings.